The van der Waals surface area contributed by atoms with Crippen LogP contribution in [0.1, 0.15) is 41.6 Å². The fraction of sp³-hybridized carbons (Fsp3) is 0.462. The molecule has 0 spiro atoms. The van der Waals surface area contributed by atoms with Crippen molar-refractivity contribution >= 4 is 5.91 Å². The van der Waals surface area contributed by atoms with Crippen LogP contribution in [-0.2, 0) is 6.54 Å². The van der Waals surface area contributed by atoms with E-state index in [1.54, 1.807) is 0 Å². The smallest absolute Gasteiger partial charge is 0.255 e. The van der Waals surface area contributed by atoms with Crippen molar-refractivity contribution in [2.45, 2.75) is 38.3 Å². The zero-order valence-corrected chi connectivity index (χ0v) is 8.70. The molecular weight excluding hydrogens is 186 g/mol. The maximum absolute atomic E-state index is 12.1. The van der Waals surface area contributed by atoms with Crippen LogP contribution in [0.3, 0.4) is 0 Å². The molecule has 1 heterocycles. The molecule has 1 fully saturated rings. The summed E-state index contributed by atoms with van der Waals surface area (Å²) in [4.78, 5) is 14.1. The van der Waals surface area contributed by atoms with Gasteiger partial charge in [-0.1, -0.05) is 31.0 Å². The van der Waals surface area contributed by atoms with Gasteiger partial charge >= 0.3 is 0 Å². The van der Waals surface area contributed by atoms with Crippen LogP contribution in [0.4, 0.5) is 0 Å². The highest BCUT2D eigenvalue weighted by Gasteiger charge is 2.33. The summed E-state index contributed by atoms with van der Waals surface area (Å²) in [5.74, 6) is 0.192. The van der Waals surface area contributed by atoms with Crippen molar-refractivity contribution in [1.29, 1.82) is 0 Å². The Balaban J connectivity index is 1.89. The number of carbonyl (C=O) groups excluding carboxylic acids is 1. The first-order valence-corrected chi connectivity index (χ1v) is 5.67. The van der Waals surface area contributed by atoms with E-state index < -0.39 is 0 Å². The molecule has 0 aromatic heterocycles. The van der Waals surface area contributed by atoms with Gasteiger partial charge in [-0.2, -0.15) is 0 Å². The average Bonchev–Trinajstić information content (AvgIpc) is 2.87. The van der Waals surface area contributed by atoms with Crippen molar-refractivity contribution in [3.8, 4) is 0 Å². The molecule has 2 aliphatic rings. The molecule has 0 bridgehead atoms. The summed E-state index contributed by atoms with van der Waals surface area (Å²) in [5.41, 5.74) is 1.94. The first-order chi connectivity index (χ1) is 7.36. The molecule has 77 valence electrons. The number of rotatable bonds is 1. The average molecular weight is 200 g/mol. The molecule has 1 amide bonds. The first kappa shape index (κ1) is 8.96. The minimum atomic E-state index is 0.192. The number of hydrogen-bond acceptors (Lipinski definition) is 1. The van der Waals surface area contributed by atoms with Crippen LogP contribution in [0, 0.1) is 6.07 Å². The van der Waals surface area contributed by atoms with Gasteiger partial charge in [-0.25, -0.2) is 0 Å². The number of fused-ring (bicyclic) bond motifs is 1. The first-order valence-electron chi connectivity index (χ1n) is 5.67. The Hall–Kier alpha value is -1.31. The highest BCUT2D eigenvalue weighted by molar-refractivity contribution is 5.98. The number of amides is 1. The zero-order valence-electron chi connectivity index (χ0n) is 8.70. The number of benzene rings is 1. The molecule has 1 radical (unpaired) electrons. The molecule has 1 aromatic rings. The monoisotopic (exact) mass is 200 g/mol. The third kappa shape index (κ3) is 1.36. The van der Waals surface area contributed by atoms with Gasteiger partial charge in [0.1, 0.15) is 0 Å². The summed E-state index contributed by atoms with van der Waals surface area (Å²) in [6, 6.07) is 9.38. The zero-order chi connectivity index (χ0) is 10.3. The van der Waals surface area contributed by atoms with Gasteiger partial charge in [0.25, 0.3) is 5.91 Å². The van der Waals surface area contributed by atoms with Crippen LogP contribution in [0.15, 0.2) is 18.2 Å². The lowest BCUT2D eigenvalue weighted by Crippen LogP contribution is -2.33. The molecule has 1 aromatic carbocycles. The maximum atomic E-state index is 12.1. The lowest BCUT2D eigenvalue weighted by atomic mass is 10.1. The lowest BCUT2D eigenvalue weighted by Gasteiger charge is -2.23. The summed E-state index contributed by atoms with van der Waals surface area (Å²) in [7, 11) is 0. The normalized spacial score (nSPS) is 21.1. The van der Waals surface area contributed by atoms with Crippen molar-refractivity contribution < 1.29 is 4.79 Å². The lowest BCUT2D eigenvalue weighted by molar-refractivity contribution is 0.0706. The van der Waals surface area contributed by atoms with Crippen LogP contribution in [0.2, 0.25) is 0 Å². The highest BCUT2D eigenvalue weighted by atomic mass is 16.2. The van der Waals surface area contributed by atoms with E-state index >= 15 is 0 Å². The molecular formula is C13H14NO. The van der Waals surface area contributed by atoms with Crippen LogP contribution in [0.5, 0.6) is 0 Å². The summed E-state index contributed by atoms with van der Waals surface area (Å²) in [6.45, 7) is 0.802. The molecule has 1 aliphatic heterocycles. The molecule has 0 N–H and O–H groups in total. The van der Waals surface area contributed by atoms with Gasteiger partial charge < -0.3 is 4.90 Å². The maximum Gasteiger partial charge on any atom is 0.255 e. The molecule has 2 heteroatoms. The van der Waals surface area contributed by atoms with Gasteiger partial charge in [-0.15, -0.1) is 0 Å². The Morgan fingerprint density at radius 2 is 2.13 bits per heavy atom. The topological polar surface area (TPSA) is 20.3 Å². The van der Waals surface area contributed by atoms with Crippen LogP contribution < -0.4 is 0 Å². The highest BCUT2D eigenvalue weighted by Crippen LogP contribution is 2.31. The van der Waals surface area contributed by atoms with Gasteiger partial charge in [-0.3, -0.25) is 4.79 Å². The van der Waals surface area contributed by atoms with E-state index in [-0.39, 0.29) is 5.91 Å². The van der Waals surface area contributed by atoms with Crippen molar-refractivity contribution in [2.75, 3.05) is 0 Å². The van der Waals surface area contributed by atoms with E-state index in [2.05, 4.69) is 6.07 Å². The van der Waals surface area contributed by atoms with Crippen LogP contribution in [0.25, 0.3) is 0 Å². The largest absolute Gasteiger partial charge is 0.331 e. The SMILES string of the molecule is O=C1c2[c]cccc2CN1C1CCCC1. The van der Waals surface area contributed by atoms with Crippen LogP contribution >= 0.6 is 0 Å². The second-order valence-corrected chi connectivity index (χ2v) is 4.44. The van der Waals surface area contributed by atoms with Crippen LogP contribution in [-0.4, -0.2) is 16.8 Å². The second-order valence-electron chi connectivity index (χ2n) is 4.44. The fourth-order valence-electron chi connectivity index (χ4n) is 2.71. The minimum Gasteiger partial charge on any atom is -0.331 e. The Bertz CT molecular complexity index is 393. The van der Waals surface area contributed by atoms with E-state index in [4.69, 9.17) is 0 Å². The van der Waals surface area contributed by atoms with Crippen molar-refractivity contribution in [1.82, 2.24) is 4.90 Å². The quantitative estimate of drug-likeness (QED) is 0.681. The molecule has 15 heavy (non-hydrogen) atoms. The molecule has 2 nitrogen and oxygen atoms in total. The van der Waals surface area contributed by atoms with Gasteiger partial charge in [0.15, 0.2) is 0 Å². The third-order valence-electron chi connectivity index (χ3n) is 3.52. The predicted octanol–water partition coefficient (Wildman–Crippen LogP) is 2.39. The Kier molecular flexibility index (Phi) is 2.01. The van der Waals surface area contributed by atoms with E-state index in [9.17, 15) is 4.79 Å². The molecule has 0 atom stereocenters. The second kappa shape index (κ2) is 3.37. The summed E-state index contributed by atoms with van der Waals surface area (Å²) in [6.07, 6.45) is 4.91. The predicted molar refractivity (Wildman–Crippen MR) is 57.4 cm³/mol. The summed E-state index contributed by atoms with van der Waals surface area (Å²) >= 11 is 0. The molecule has 3 rings (SSSR count). The Labute approximate surface area is 89.9 Å². The molecule has 1 saturated carbocycles. The molecule has 0 saturated heterocycles. The molecule has 0 unspecified atom stereocenters. The minimum absolute atomic E-state index is 0.192. The van der Waals surface area contributed by atoms with Gasteiger partial charge in [0, 0.05) is 12.6 Å². The van der Waals surface area contributed by atoms with E-state index in [0.717, 1.165) is 17.7 Å². The van der Waals surface area contributed by atoms with Gasteiger partial charge in [-0.05, 0) is 24.5 Å². The number of carbonyl (C=O) groups is 1. The van der Waals surface area contributed by atoms with Gasteiger partial charge in [0.05, 0.1) is 5.56 Å². The fourth-order valence-corrected chi connectivity index (χ4v) is 2.71. The Morgan fingerprint density at radius 1 is 1.33 bits per heavy atom. The summed E-state index contributed by atoms with van der Waals surface area (Å²) in [5, 5.41) is 0. The third-order valence-corrected chi connectivity index (χ3v) is 3.52. The van der Waals surface area contributed by atoms with E-state index in [0.29, 0.717) is 6.04 Å². The number of nitrogens with zero attached hydrogens (tertiary/aromatic N) is 1. The van der Waals surface area contributed by atoms with Crippen molar-refractivity contribution in [2.24, 2.45) is 0 Å². The van der Waals surface area contributed by atoms with Crippen molar-refractivity contribution in [3.05, 3.63) is 35.4 Å². The van der Waals surface area contributed by atoms with Crippen molar-refractivity contribution in [3.63, 3.8) is 0 Å². The molecule has 1 aliphatic carbocycles. The Morgan fingerprint density at radius 3 is 2.87 bits per heavy atom. The summed E-state index contributed by atoms with van der Waals surface area (Å²) < 4.78 is 0. The standard InChI is InChI=1S/C13H14NO/c15-13-12-8-4-1-5-10(12)9-14(13)11-6-2-3-7-11/h1,4-5,11H,2-3,6-7,9H2. The van der Waals surface area contributed by atoms with Gasteiger partial charge in [0.2, 0.25) is 0 Å². The number of hydrogen-bond donors (Lipinski definition) is 0. The van der Waals surface area contributed by atoms with E-state index in [1.165, 1.54) is 25.7 Å². The van der Waals surface area contributed by atoms with E-state index in [1.807, 2.05) is 23.1 Å².